The lowest BCUT2D eigenvalue weighted by Crippen LogP contribution is -2.22. The molecule has 1 amide bonds. The second-order valence-electron chi connectivity index (χ2n) is 3.36. The third-order valence-corrected chi connectivity index (χ3v) is 2.11. The summed E-state index contributed by atoms with van der Waals surface area (Å²) in [4.78, 5) is 11.5. The van der Waals surface area contributed by atoms with Crippen LogP contribution < -0.4 is 10.6 Å². The summed E-state index contributed by atoms with van der Waals surface area (Å²) >= 11 is 0. The van der Waals surface area contributed by atoms with Crippen LogP contribution in [0.15, 0.2) is 36.0 Å². The monoisotopic (exact) mass is 240 g/mol. The first kappa shape index (κ1) is 13.3. The second kappa shape index (κ2) is 6.72. The normalized spacial score (nSPS) is 8.61. The van der Waals surface area contributed by atoms with Crippen molar-refractivity contribution in [2.45, 2.75) is 6.92 Å². The summed E-state index contributed by atoms with van der Waals surface area (Å²) in [6.45, 7) is 2.43. The van der Waals surface area contributed by atoms with Gasteiger partial charge in [0.2, 0.25) is 0 Å². The molecular weight excluding hydrogens is 228 g/mol. The van der Waals surface area contributed by atoms with Gasteiger partial charge in [-0.25, -0.2) is 0 Å². The molecule has 0 bridgehead atoms. The van der Waals surface area contributed by atoms with Crippen LogP contribution in [0, 0.1) is 22.7 Å². The van der Waals surface area contributed by atoms with Crippen LogP contribution in [0.2, 0.25) is 0 Å². The van der Waals surface area contributed by atoms with E-state index in [0.717, 1.165) is 0 Å². The Morgan fingerprint density at radius 1 is 1.28 bits per heavy atom. The number of benzene rings is 1. The molecule has 0 atom stereocenters. The number of anilines is 1. The van der Waals surface area contributed by atoms with Crippen LogP contribution >= 0.6 is 0 Å². The van der Waals surface area contributed by atoms with Crippen molar-refractivity contribution in [1.29, 1.82) is 10.5 Å². The number of amides is 1. The van der Waals surface area contributed by atoms with Gasteiger partial charge < -0.3 is 10.6 Å². The molecule has 0 saturated carbocycles. The number of carbonyl (C=O) groups excluding carboxylic acids is 1. The van der Waals surface area contributed by atoms with Crippen LogP contribution in [0.4, 0.5) is 5.69 Å². The number of carbonyl (C=O) groups is 1. The zero-order chi connectivity index (χ0) is 13.4. The van der Waals surface area contributed by atoms with Crippen LogP contribution in [-0.2, 0) is 0 Å². The van der Waals surface area contributed by atoms with Crippen molar-refractivity contribution in [1.82, 2.24) is 5.32 Å². The average molecular weight is 240 g/mol. The number of nitrogens with one attached hydrogen (secondary N) is 2. The lowest BCUT2D eigenvalue weighted by atomic mass is 10.2. The van der Waals surface area contributed by atoms with Crippen LogP contribution in [0.25, 0.3) is 0 Å². The van der Waals surface area contributed by atoms with E-state index in [-0.39, 0.29) is 11.5 Å². The number of hydrogen-bond acceptors (Lipinski definition) is 4. The Morgan fingerprint density at radius 3 is 2.39 bits per heavy atom. The molecule has 0 aliphatic heterocycles. The number of nitriles is 2. The van der Waals surface area contributed by atoms with Gasteiger partial charge in [-0.15, -0.1) is 0 Å². The summed E-state index contributed by atoms with van der Waals surface area (Å²) in [5.74, 6) is -0.130. The van der Waals surface area contributed by atoms with E-state index in [0.29, 0.717) is 17.8 Å². The first-order valence-corrected chi connectivity index (χ1v) is 5.36. The van der Waals surface area contributed by atoms with Gasteiger partial charge in [-0.1, -0.05) is 0 Å². The lowest BCUT2D eigenvalue weighted by molar-refractivity contribution is 0.0956. The van der Waals surface area contributed by atoms with Gasteiger partial charge in [0.25, 0.3) is 5.91 Å². The van der Waals surface area contributed by atoms with Gasteiger partial charge in [0.15, 0.2) is 0 Å². The summed E-state index contributed by atoms with van der Waals surface area (Å²) in [7, 11) is 0. The third kappa shape index (κ3) is 3.66. The summed E-state index contributed by atoms with van der Waals surface area (Å²) < 4.78 is 0. The minimum absolute atomic E-state index is 0.0113. The fraction of sp³-hybridized carbons (Fsp3) is 0.154. The zero-order valence-corrected chi connectivity index (χ0v) is 9.90. The molecule has 1 rings (SSSR count). The predicted molar refractivity (Wildman–Crippen MR) is 67.4 cm³/mol. The molecule has 0 aliphatic carbocycles. The van der Waals surface area contributed by atoms with Crippen LogP contribution in [0.5, 0.6) is 0 Å². The quantitative estimate of drug-likeness (QED) is 0.785. The molecule has 0 unspecified atom stereocenters. The molecule has 18 heavy (non-hydrogen) atoms. The Kier molecular flexibility index (Phi) is 4.96. The van der Waals surface area contributed by atoms with E-state index in [1.807, 2.05) is 6.92 Å². The van der Waals surface area contributed by atoms with Crippen LogP contribution in [0.3, 0.4) is 0 Å². The van der Waals surface area contributed by atoms with Crippen molar-refractivity contribution in [2.75, 3.05) is 11.9 Å². The molecule has 5 heteroatoms. The second-order valence-corrected chi connectivity index (χ2v) is 3.36. The molecule has 0 aromatic heterocycles. The molecule has 0 radical (unpaired) electrons. The minimum atomic E-state index is -0.130. The highest BCUT2D eigenvalue weighted by atomic mass is 16.1. The molecule has 90 valence electrons. The fourth-order valence-electron chi connectivity index (χ4n) is 1.23. The highest BCUT2D eigenvalue weighted by Gasteiger charge is 2.02. The molecule has 0 fully saturated rings. The maximum Gasteiger partial charge on any atom is 0.251 e. The van der Waals surface area contributed by atoms with Crippen molar-refractivity contribution in [3.05, 3.63) is 41.6 Å². The number of hydrogen-bond donors (Lipinski definition) is 2. The molecule has 1 aromatic carbocycles. The largest absolute Gasteiger partial charge is 0.360 e. The first-order chi connectivity index (χ1) is 8.71. The molecule has 0 saturated heterocycles. The Hall–Kier alpha value is -2.79. The molecule has 5 nitrogen and oxygen atoms in total. The van der Waals surface area contributed by atoms with Gasteiger partial charge in [0.1, 0.15) is 17.7 Å². The van der Waals surface area contributed by atoms with E-state index in [1.165, 1.54) is 6.20 Å². The van der Waals surface area contributed by atoms with Crippen LogP contribution in [-0.4, -0.2) is 12.5 Å². The van der Waals surface area contributed by atoms with Gasteiger partial charge in [0, 0.05) is 24.0 Å². The fourth-order valence-corrected chi connectivity index (χ4v) is 1.23. The van der Waals surface area contributed by atoms with E-state index in [1.54, 1.807) is 36.4 Å². The maximum absolute atomic E-state index is 11.5. The van der Waals surface area contributed by atoms with Crippen molar-refractivity contribution < 1.29 is 4.79 Å². The lowest BCUT2D eigenvalue weighted by Gasteiger charge is -2.04. The zero-order valence-electron chi connectivity index (χ0n) is 9.90. The summed E-state index contributed by atoms with van der Waals surface area (Å²) in [6, 6.07) is 10.2. The highest BCUT2D eigenvalue weighted by molar-refractivity contribution is 5.94. The molecule has 0 spiro atoms. The van der Waals surface area contributed by atoms with Gasteiger partial charge in [0.05, 0.1) is 0 Å². The third-order valence-electron chi connectivity index (χ3n) is 2.11. The van der Waals surface area contributed by atoms with E-state index in [2.05, 4.69) is 10.6 Å². The van der Waals surface area contributed by atoms with Gasteiger partial charge in [-0.2, -0.15) is 10.5 Å². The number of rotatable bonds is 4. The van der Waals surface area contributed by atoms with Crippen molar-refractivity contribution in [3.8, 4) is 12.1 Å². The topological polar surface area (TPSA) is 88.7 Å². The standard InChI is InChI=1S/C13H12N4O/c1-2-16-13(18)11-3-5-12(6-4-11)17-9-10(7-14)8-15/h3-6,9,17H,2H2,1H3,(H,16,18). The maximum atomic E-state index is 11.5. The summed E-state index contributed by atoms with van der Waals surface area (Å²) in [5, 5.41) is 22.6. The van der Waals surface area contributed by atoms with Crippen molar-refractivity contribution in [2.24, 2.45) is 0 Å². The summed E-state index contributed by atoms with van der Waals surface area (Å²) in [5.41, 5.74) is 1.25. The molecule has 0 heterocycles. The predicted octanol–water partition coefficient (Wildman–Crippen LogP) is 1.78. The average Bonchev–Trinajstić information content (AvgIpc) is 2.41. The molecule has 1 aromatic rings. The first-order valence-electron chi connectivity index (χ1n) is 5.36. The molecular formula is C13H12N4O. The summed E-state index contributed by atoms with van der Waals surface area (Å²) in [6.07, 6.45) is 1.32. The Labute approximate surface area is 105 Å². The SMILES string of the molecule is CCNC(=O)c1ccc(NC=C(C#N)C#N)cc1. The minimum Gasteiger partial charge on any atom is -0.360 e. The number of allylic oxidation sites excluding steroid dienone is 1. The van der Waals surface area contributed by atoms with Gasteiger partial charge in [-0.3, -0.25) is 4.79 Å². The van der Waals surface area contributed by atoms with Crippen molar-refractivity contribution in [3.63, 3.8) is 0 Å². The molecule has 2 N–H and O–H groups in total. The Morgan fingerprint density at radius 2 is 1.89 bits per heavy atom. The van der Waals surface area contributed by atoms with E-state index < -0.39 is 0 Å². The van der Waals surface area contributed by atoms with E-state index >= 15 is 0 Å². The van der Waals surface area contributed by atoms with Crippen molar-refractivity contribution >= 4 is 11.6 Å². The number of nitrogens with zero attached hydrogens (tertiary/aromatic N) is 2. The molecule has 0 aliphatic rings. The van der Waals surface area contributed by atoms with Gasteiger partial charge >= 0.3 is 0 Å². The smallest absolute Gasteiger partial charge is 0.251 e. The van der Waals surface area contributed by atoms with E-state index in [4.69, 9.17) is 10.5 Å². The Balaban J connectivity index is 2.73. The highest BCUT2D eigenvalue weighted by Crippen LogP contribution is 2.10. The van der Waals surface area contributed by atoms with E-state index in [9.17, 15) is 4.79 Å². The Bertz CT molecular complexity index is 516. The van der Waals surface area contributed by atoms with Crippen LogP contribution in [0.1, 0.15) is 17.3 Å². The van der Waals surface area contributed by atoms with Gasteiger partial charge in [-0.05, 0) is 31.2 Å².